The van der Waals surface area contributed by atoms with Gasteiger partial charge in [-0.3, -0.25) is 24.6 Å². The van der Waals surface area contributed by atoms with E-state index in [9.17, 15) is 19.7 Å². The molecule has 0 N–H and O–H groups in total. The minimum Gasteiger partial charge on any atom is -0.294 e. The summed E-state index contributed by atoms with van der Waals surface area (Å²) in [6.07, 6.45) is 1.07. The molecule has 0 radical (unpaired) electrons. The summed E-state index contributed by atoms with van der Waals surface area (Å²) < 4.78 is 0.902. The predicted octanol–water partition coefficient (Wildman–Crippen LogP) is 5.52. The topological polar surface area (TPSA) is 80.5 Å². The molecule has 0 spiro atoms. The third kappa shape index (κ3) is 3.69. The highest BCUT2D eigenvalue weighted by molar-refractivity contribution is 9.10. The molecule has 0 aromatic heterocycles. The van der Waals surface area contributed by atoms with Crippen molar-refractivity contribution in [2.75, 3.05) is 4.90 Å². The van der Waals surface area contributed by atoms with Gasteiger partial charge in [-0.1, -0.05) is 41.9 Å². The average molecular weight is 469 g/mol. The first-order valence-corrected chi connectivity index (χ1v) is 10.5. The molecule has 4 rings (SSSR count). The standard InChI is InChI=1S/C23H21BrN2O4/c1-23(2)12-19-22(20(27)13-23)18(14-4-3-5-17(10-14)26(29)30)11-21(28)25(19)16-8-6-15(24)7-9-16/h3-10,18H,11-13H2,1-2H3. The van der Waals surface area contributed by atoms with Crippen molar-refractivity contribution in [1.29, 1.82) is 0 Å². The van der Waals surface area contributed by atoms with Gasteiger partial charge in [0.25, 0.3) is 5.69 Å². The van der Waals surface area contributed by atoms with Crippen LogP contribution in [0.5, 0.6) is 0 Å². The summed E-state index contributed by atoms with van der Waals surface area (Å²) in [6.45, 7) is 4.05. The van der Waals surface area contributed by atoms with Crippen molar-refractivity contribution >= 4 is 39.0 Å². The summed E-state index contributed by atoms with van der Waals surface area (Å²) in [7, 11) is 0. The second kappa shape index (κ2) is 7.47. The Morgan fingerprint density at radius 3 is 2.47 bits per heavy atom. The number of carbonyl (C=O) groups is 2. The number of carbonyl (C=O) groups excluding carboxylic acids is 2. The number of anilines is 1. The van der Waals surface area contributed by atoms with Crippen LogP contribution < -0.4 is 4.90 Å². The van der Waals surface area contributed by atoms with Gasteiger partial charge in [-0.2, -0.15) is 0 Å². The zero-order chi connectivity index (χ0) is 21.6. The Hall–Kier alpha value is -2.80. The Labute approximate surface area is 182 Å². The molecule has 1 heterocycles. The summed E-state index contributed by atoms with van der Waals surface area (Å²) in [5.74, 6) is -0.576. The largest absolute Gasteiger partial charge is 0.294 e. The molecule has 6 nitrogen and oxygen atoms in total. The van der Waals surface area contributed by atoms with Crippen LogP contribution in [0.25, 0.3) is 0 Å². The maximum absolute atomic E-state index is 13.3. The minimum atomic E-state index is -0.470. The normalized spacial score (nSPS) is 20.9. The van der Waals surface area contributed by atoms with Crippen LogP contribution in [-0.4, -0.2) is 16.6 Å². The third-order valence-corrected chi connectivity index (χ3v) is 6.24. The number of Topliss-reactive ketones (excluding diaryl/α,β-unsaturated/α-hetero) is 1. The van der Waals surface area contributed by atoms with Crippen LogP contribution in [-0.2, 0) is 9.59 Å². The number of rotatable bonds is 3. The summed E-state index contributed by atoms with van der Waals surface area (Å²) in [5, 5.41) is 11.2. The Morgan fingerprint density at radius 2 is 1.80 bits per heavy atom. The molecule has 1 aliphatic heterocycles. The van der Waals surface area contributed by atoms with E-state index in [1.165, 1.54) is 12.1 Å². The van der Waals surface area contributed by atoms with Crippen molar-refractivity contribution in [3.63, 3.8) is 0 Å². The van der Waals surface area contributed by atoms with Gasteiger partial charge in [0.15, 0.2) is 5.78 Å². The number of benzene rings is 2. The smallest absolute Gasteiger partial charge is 0.269 e. The van der Waals surface area contributed by atoms with E-state index in [4.69, 9.17) is 0 Å². The summed E-state index contributed by atoms with van der Waals surface area (Å²) in [6, 6.07) is 13.7. The van der Waals surface area contributed by atoms with E-state index in [-0.39, 0.29) is 29.2 Å². The highest BCUT2D eigenvalue weighted by Gasteiger charge is 2.44. The molecule has 1 unspecified atom stereocenters. The lowest BCUT2D eigenvalue weighted by molar-refractivity contribution is -0.384. The number of nitrogens with zero attached hydrogens (tertiary/aromatic N) is 2. The lowest BCUT2D eigenvalue weighted by Gasteiger charge is -2.43. The van der Waals surface area contributed by atoms with Gasteiger partial charge < -0.3 is 0 Å². The quantitative estimate of drug-likeness (QED) is 0.438. The molecule has 2 aromatic rings. The van der Waals surface area contributed by atoms with E-state index in [0.29, 0.717) is 29.7 Å². The van der Waals surface area contributed by atoms with Gasteiger partial charge in [-0.05, 0) is 41.7 Å². The van der Waals surface area contributed by atoms with Gasteiger partial charge in [-0.15, -0.1) is 0 Å². The van der Waals surface area contributed by atoms with E-state index >= 15 is 0 Å². The molecule has 0 bridgehead atoms. The van der Waals surface area contributed by atoms with E-state index < -0.39 is 10.8 Å². The number of nitro groups is 1. The Bertz CT molecular complexity index is 1090. The van der Waals surface area contributed by atoms with Crippen LogP contribution in [0.4, 0.5) is 11.4 Å². The van der Waals surface area contributed by atoms with Gasteiger partial charge in [0.05, 0.1) is 4.92 Å². The number of non-ortho nitro benzene ring substituents is 1. The minimum absolute atomic E-state index is 0.00682. The lowest BCUT2D eigenvalue weighted by Crippen LogP contribution is -2.43. The maximum Gasteiger partial charge on any atom is 0.269 e. The van der Waals surface area contributed by atoms with Gasteiger partial charge in [0.2, 0.25) is 5.91 Å². The van der Waals surface area contributed by atoms with Gasteiger partial charge in [0.1, 0.15) is 0 Å². The molecule has 0 fully saturated rings. The number of hydrogen-bond acceptors (Lipinski definition) is 4. The molecule has 30 heavy (non-hydrogen) atoms. The van der Waals surface area contributed by atoms with E-state index in [0.717, 1.165) is 10.2 Å². The number of halogens is 1. The van der Waals surface area contributed by atoms with Crippen molar-refractivity contribution in [3.8, 4) is 0 Å². The Kier molecular flexibility index (Phi) is 5.10. The number of amides is 1. The van der Waals surface area contributed by atoms with Crippen molar-refractivity contribution in [3.05, 3.63) is 80.0 Å². The fraction of sp³-hybridized carbons (Fsp3) is 0.304. The molecular formula is C23H21BrN2O4. The van der Waals surface area contributed by atoms with Crippen molar-refractivity contribution in [1.82, 2.24) is 0 Å². The lowest BCUT2D eigenvalue weighted by atomic mass is 9.69. The first kappa shape index (κ1) is 20.5. The van der Waals surface area contributed by atoms with Crippen LogP contribution >= 0.6 is 15.9 Å². The fourth-order valence-corrected chi connectivity index (χ4v) is 4.71. The molecule has 1 atom stereocenters. The summed E-state index contributed by atoms with van der Waals surface area (Å²) in [5.41, 5.74) is 2.37. The fourth-order valence-electron chi connectivity index (χ4n) is 4.44. The van der Waals surface area contributed by atoms with Crippen LogP contribution in [0.15, 0.2) is 64.3 Å². The zero-order valence-electron chi connectivity index (χ0n) is 16.7. The first-order chi connectivity index (χ1) is 14.2. The van der Waals surface area contributed by atoms with Crippen LogP contribution in [0.3, 0.4) is 0 Å². The van der Waals surface area contributed by atoms with Crippen LogP contribution in [0.2, 0.25) is 0 Å². The molecule has 7 heteroatoms. The van der Waals surface area contributed by atoms with Crippen molar-refractivity contribution in [2.45, 2.75) is 39.0 Å². The van der Waals surface area contributed by atoms with Crippen molar-refractivity contribution in [2.24, 2.45) is 5.41 Å². The van der Waals surface area contributed by atoms with Gasteiger partial charge in [0, 0.05) is 52.3 Å². The summed E-state index contributed by atoms with van der Waals surface area (Å²) in [4.78, 5) is 39.0. The molecule has 2 aromatic carbocycles. The van der Waals surface area contributed by atoms with Gasteiger partial charge >= 0.3 is 0 Å². The SMILES string of the molecule is CC1(C)CC(=O)C2=C(C1)N(c1ccc(Br)cc1)C(=O)CC2c1cccc([N+](=O)[O-])c1. The Morgan fingerprint density at radius 1 is 1.10 bits per heavy atom. The number of allylic oxidation sites excluding steroid dienone is 2. The molecule has 0 saturated heterocycles. The number of nitro benzene ring substituents is 1. The first-order valence-electron chi connectivity index (χ1n) is 9.75. The average Bonchev–Trinajstić information content (AvgIpc) is 2.67. The maximum atomic E-state index is 13.3. The zero-order valence-corrected chi connectivity index (χ0v) is 18.3. The van der Waals surface area contributed by atoms with Crippen molar-refractivity contribution < 1.29 is 14.5 Å². The highest BCUT2D eigenvalue weighted by Crippen LogP contribution is 2.48. The second-order valence-electron chi connectivity index (χ2n) is 8.62. The third-order valence-electron chi connectivity index (χ3n) is 5.71. The van der Waals surface area contributed by atoms with Gasteiger partial charge in [-0.25, -0.2) is 0 Å². The van der Waals surface area contributed by atoms with Crippen LogP contribution in [0, 0.1) is 15.5 Å². The van der Waals surface area contributed by atoms with Crippen LogP contribution in [0.1, 0.15) is 44.6 Å². The molecule has 154 valence electrons. The molecular weight excluding hydrogens is 448 g/mol. The second-order valence-corrected chi connectivity index (χ2v) is 9.53. The van der Waals surface area contributed by atoms with E-state index in [1.807, 2.05) is 38.1 Å². The highest BCUT2D eigenvalue weighted by atomic mass is 79.9. The molecule has 1 amide bonds. The molecule has 2 aliphatic rings. The number of hydrogen-bond donors (Lipinski definition) is 0. The van der Waals surface area contributed by atoms with E-state index in [2.05, 4.69) is 15.9 Å². The molecule has 1 aliphatic carbocycles. The Balaban J connectivity index is 1.89. The number of ketones is 1. The summed E-state index contributed by atoms with van der Waals surface area (Å²) >= 11 is 3.42. The van der Waals surface area contributed by atoms with E-state index in [1.54, 1.807) is 17.0 Å². The monoisotopic (exact) mass is 468 g/mol. The predicted molar refractivity (Wildman–Crippen MR) is 117 cm³/mol. The molecule has 0 saturated carbocycles.